The van der Waals surface area contributed by atoms with Gasteiger partial charge in [-0.1, -0.05) is 12.1 Å². The van der Waals surface area contributed by atoms with Crippen LogP contribution in [0.5, 0.6) is 0 Å². The quantitative estimate of drug-likeness (QED) is 0.651. The molecule has 0 amide bonds. The van der Waals surface area contributed by atoms with Crippen molar-refractivity contribution in [2.45, 2.75) is 13.1 Å². The number of hydrogen-bond acceptors (Lipinski definition) is 2. The second kappa shape index (κ2) is 5.58. The van der Waals surface area contributed by atoms with Crippen LogP contribution < -0.4 is 5.73 Å². The number of hydrogen-bond donors (Lipinski definition) is 2. The highest BCUT2D eigenvalue weighted by atomic mass is 35.5. The normalized spacial score (nSPS) is 11.0. The molecule has 108 valence electrons. The SMILES string of the molecule is Cc1oc(-c2ccc(C(F)(F)F)cc2)cc1C(=N)N.Cl. The van der Waals surface area contributed by atoms with E-state index in [1.165, 1.54) is 12.1 Å². The summed E-state index contributed by atoms with van der Waals surface area (Å²) in [5.41, 5.74) is 5.59. The van der Waals surface area contributed by atoms with Crippen LogP contribution in [-0.2, 0) is 6.18 Å². The van der Waals surface area contributed by atoms with Crippen LogP contribution in [-0.4, -0.2) is 5.84 Å². The lowest BCUT2D eigenvalue weighted by Gasteiger charge is -2.06. The van der Waals surface area contributed by atoms with Crippen molar-refractivity contribution in [2.75, 3.05) is 0 Å². The number of nitrogens with one attached hydrogen (secondary N) is 1. The van der Waals surface area contributed by atoms with Crippen LogP contribution in [0.2, 0.25) is 0 Å². The van der Waals surface area contributed by atoms with Crippen molar-refractivity contribution < 1.29 is 17.6 Å². The van der Waals surface area contributed by atoms with E-state index in [1.807, 2.05) is 0 Å². The van der Waals surface area contributed by atoms with Gasteiger partial charge in [-0.3, -0.25) is 5.41 Å². The zero-order chi connectivity index (χ0) is 14.2. The number of rotatable bonds is 2. The van der Waals surface area contributed by atoms with Gasteiger partial charge in [-0.15, -0.1) is 12.4 Å². The van der Waals surface area contributed by atoms with Crippen molar-refractivity contribution >= 4 is 18.2 Å². The van der Waals surface area contributed by atoms with Gasteiger partial charge in [-0.2, -0.15) is 13.2 Å². The lowest BCUT2D eigenvalue weighted by atomic mass is 10.1. The minimum atomic E-state index is -4.36. The molecule has 3 nitrogen and oxygen atoms in total. The average Bonchev–Trinajstić information content (AvgIpc) is 2.70. The van der Waals surface area contributed by atoms with Gasteiger partial charge >= 0.3 is 6.18 Å². The molecule has 1 aromatic carbocycles. The summed E-state index contributed by atoms with van der Waals surface area (Å²) in [4.78, 5) is 0. The Morgan fingerprint density at radius 3 is 2.15 bits per heavy atom. The molecule has 2 rings (SSSR count). The monoisotopic (exact) mass is 304 g/mol. The number of aryl methyl sites for hydroxylation is 1. The summed E-state index contributed by atoms with van der Waals surface area (Å²) in [6.07, 6.45) is -4.36. The van der Waals surface area contributed by atoms with Crippen molar-refractivity contribution in [3.63, 3.8) is 0 Å². The molecule has 0 aliphatic carbocycles. The predicted octanol–water partition coefficient (Wildman–Crippen LogP) is 3.98. The summed E-state index contributed by atoms with van der Waals surface area (Å²) in [5.74, 6) is 0.707. The van der Waals surface area contributed by atoms with Crippen LogP contribution >= 0.6 is 12.4 Å². The van der Waals surface area contributed by atoms with Gasteiger partial charge in [0, 0.05) is 5.56 Å². The zero-order valence-electron chi connectivity index (χ0n) is 10.4. The first kappa shape index (κ1) is 16.1. The van der Waals surface area contributed by atoms with E-state index >= 15 is 0 Å². The van der Waals surface area contributed by atoms with Crippen molar-refractivity contribution in [3.8, 4) is 11.3 Å². The molecule has 0 spiro atoms. The first-order valence-corrected chi connectivity index (χ1v) is 5.41. The molecule has 0 unspecified atom stereocenters. The van der Waals surface area contributed by atoms with Crippen LogP contribution in [0.4, 0.5) is 13.2 Å². The molecule has 20 heavy (non-hydrogen) atoms. The molecule has 7 heteroatoms. The molecule has 0 aliphatic heterocycles. The molecule has 0 atom stereocenters. The third-order valence-electron chi connectivity index (χ3n) is 2.70. The Hall–Kier alpha value is -1.95. The fourth-order valence-corrected chi connectivity index (χ4v) is 1.72. The molecule has 0 saturated carbocycles. The van der Waals surface area contributed by atoms with Crippen LogP contribution in [0.25, 0.3) is 11.3 Å². The smallest absolute Gasteiger partial charge is 0.416 e. The second-order valence-electron chi connectivity index (χ2n) is 4.07. The van der Waals surface area contributed by atoms with Crippen molar-refractivity contribution in [2.24, 2.45) is 5.73 Å². The summed E-state index contributed by atoms with van der Waals surface area (Å²) in [7, 11) is 0. The zero-order valence-corrected chi connectivity index (χ0v) is 11.2. The van der Waals surface area contributed by atoms with E-state index in [0.717, 1.165) is 12.1 Å². The number of nitrogen functional groups attached to an aromatic ring is 1. The third kappa shape index (κ3) is 3.14. The minimum Gasteiger partial charge on any atom is -0.461 e. The van der Waals surface area contributed by atoms with Gasteiger partial charge in [0.25, 0.3) is 0 Å². The Morgan fingerprint density at radius 1 is 1.20 bits per heavy atom. The maximum atomic E-state index is 12.4. The fraction of sp³-hybridized carbons (Fsp3) is 0.154. The summed E-state index contributed by atoms with van der Waals surface area (Å²) < 4.78 is 42.7. The standard InChI is InChI=1S/C13H11F3N2O.ClH/c1-7-10(12(17)18)6-11(19-7)8-2-4-9(5-3-8)13(14,15)16;/h2-6H,1H3,(H3,17,18);1H. The number of alkyl halides is 3. The minimum absolute atomic E-state index is 0. The summed E-state index contributed by atoms with van der Waals surface area (Å²) in [6, 6.07) is 6.16. The van der Waals surface area contributed by atoms with Crippen molar-refractivity contribution in [3.05, 3.63) is 47.2 Å². The summed E-state index contributed by atoms with van der Waals surface area (Å²) >= 11 is 0. The Labute approximate surface area is 119 Å². The van der Waals surface area contributed by atoms with Crippen LogP contribution in [0.3, 0.4) is 0 Å². The Balaban J connectivity index is 0.00000200. The van der Waals surface area contributed by atoms with Gasteiger partial charge < -0.3 is 10.2 Å². The van der Waals surface area contributed by atoms with Crippen molar-refractivity contribution in [1.29, 1.82) is 5.41 Å². The van der Waals surface area contributed by atoms with E-state index in [0.29, 0.717) is 22.6 Å². The van der Waals surface area contributed by atoms with Gasteiger partial charge in [-0.05, 0) is 25.1 Å². The van der Waals surface area contributed by atoms with Crippen LogP contribution in [0.15, 0.2) is 34.7 Å². The van der Waals surface area contributed by atoms with E-state index in [2.05, 4.69) is 0 Å². The maximum Gasteiger partial charge on any atom is 0.416 e. The van der Waals surface area contributed by atoms with Crippen LogP contribution in [0.1, 0.15) is 16.9 Å². The maximum absolute atomic E-state index is 12.4. The van der Waals surface area contributed by atoms with Crippen molar-refractivity contribution in [1.82, 2.24) is 0 Å². The first-order chi connectivity index (χ1) is 8.79. The first-order valence-electron chi connectivity index (χ1n) is 5.41. The lowest BCUT2D eigenvalue weighted by molar-refractivity contribution is -0.137. The number of amidine groups is 1. The number of furan rings is 1. The van der Waals surface area contributed by atoms with Gasteiger partial charge in [-0.25, -0.2) is 0 Å². The van der Waals surface area contributed by atoms with Gasteiger partial charge in [0.05, 0.1) is 11.1 Å². The molecule has 1 aromatic heterocycles. The average molecular weight is 305 g/mol. The molecule has 1 heterocycles. The molecule has 0 bridgehead atoms. The number of halogens is 4. The van der Waals surface area contributed by atoms with Gasteiger partial charge in [0.2, 0.25) is 0 Å². The van der Waals surface area contributed by atoms with E-state index < -0.39 is 11.7 Å². The predicted molar refractivity (Wildman–Crippen MR) is 72.1 cm³/mol. The van der Waals surface area contributed by atoms with E-state index in [9.17, 15) is 13.2 Å². The number of benzene rings is 1. The summed E-state index contributed by atoms with van der Waals surface area (Å²) in [5, 5.41) is 7.34. The molecule has 0 saturated heterocycles. The van der Waals surface area contributed by atoms with E-state index in [4.69, 9.17) is 15.6 Å². The van der Waals surface area contributed by atoms with E-state index in [-0.39, 0.29) is 18.2 Å². The van der Waals surface area contributed by atoms with Gasteiger partial charge in [0.1, 0.15) is 17.4 Å². The van der Waals surface area contributed by atoms with Crippen LogP contribution in [0, 0.1) is 12.3 Å². The molecule has 2 aromatic rings. The third-order valence-corrected chi connectivity index (χ3v) is 2.70. The Morgan fingerprint density at radius 2 is 1.75 bits per heavy atom. The highest BCUT2D eigenvalue weighted by Crippen LogP contribution is 2.32. The molecular weight excluding hydrogens is 293 g/mol. The topological polar surface area (TPSA) is 63.0 Å². The largest absolute Gasteiger partial charge is 0.461 e. The molecule has 0 fully saturated rings. The highest BCUT2D eigenvalue weighted by molar-refractivity contribution is 5.96. The van der Waals surface area contributed by atoms with Gasteiger partial charge in [0.15, 0.2) is 0 Å². The molecular formula is C13H12ClF3N2O. The molecule has 3 N–H and O–H groups in total. The molecule has 0 aliphatic rings. The fourth-order valence-electron chi connectivity index (χ4n) is 1.72. The molecule has 0 radical (unpaired) electrons. The summed E-state index contributed by atoms with van der Waals surface area (Å²) in [6.45, 7) is 1.64. The number of nitrogens with two attached hydrogens (primary N) is 1. The lowest BCUT2D eigenvalue weighted by Crippen LogP contribution is -2.10. The Bertz CT molecular complexity index is 618. The Kier molecular flexibility index (Phi) is 4.50. The van der Waals surface area contributed by atoms with E-state index in [1.54, 1.807) is 13.0 Å². The second-order valence-corrected chi connectivity index (χ2v) is 4.07. The highest BCUT2D eigenvalue weighted by Gasteiger charge is 2.30.